The molecule has 0 N–H and O–H groups in total. The number of aldehydes is 1. The van der Waals surface area contributed by atoms with Crippen LogP contribution in [-0.2, 0) is 0 Å². The molecule has 20 heavy (non-hydrogen) atoms. The molecule has 0 spiro atoms. The Bertz CT molecular complexity index is 719. The average molecular weight is 268 g/mol. The van der Waals surface area contributed by atoms with E-state index in [-0.39, 0.29) is 22.7 Å². The van der Waals surface area contributed by atoms with Gasteiger partial charge >= 0.3 is 5.69 Å². The van der Waals surface area contributed by atoms with Crippen molar-refractivity contribution in [2.75, 3.05) is 0 Å². The van der Waals surface area contributed by atoms with Crippen molar-refractivity contribution < 1.29 is 14.5 Å². The van der Waals surface area contributed by atoms with Gasteiger partial charge in [-0.3, -0.25) is 14.9 Å². The van der Waals surface area contributed by atoms with E-state index in [1.807, 2.05) is 6.07 Å². The average Bonchev–Trinajstić information content (AvgIpc) is 2.47. The molecule has 0 fully saturated rings. The van der Waals surface area contributed by atoms with Gasteiger partial charge in [0.1, 0.15) is 12.0 Å². The van der Waals surface area contributed by atoms with Crippen molar-refractivity contribution in [1.82, 2.24) is 0 Å². The predicted octanol–water partition coefficient (Wildman–Crippen LogP) is 3.07. The highest BCUT2D eigenvalue weighted by Gasteiger charge is 2.16. The minimum absolute atomic E-state index is 0.0444. The fourth-order valence-electron chi connectivity index (χ4n) is 1.59. The number of nitro benzene ring substituents is 1. The molecular weight excluding hydrogens is 260 g/mol. The lowest BCUT2D eigenvalue weighted by Gasteiger charge is -2.06. The molecule has 0 aliphatic heterocycles. The third-order valence-electron chi connectivity index (χ3n) is 2.51. The summed E-state index contributed by atoms with van der Waals surface area (Å²) in [6.07, 6.45) is 0.646. The second-order valence-corrected chi connectivity index (χ2v) is 3.84. The highest BCUT2D eigenvalue weighted by Crippen LogP contribution is 2.32. The number of nitro groups is 1. The summed E-state index contributed by atoms with van der Waals surface area (Å²) in [4.78, 5) is 21.0. The molecule has 2 aromatic carbocycles. The molecule has 0 radical (unpaired) electrons. The summed E-state index contributed by atoms with van der Waals surface area (Å²) in [6.45, 7) is 0. The van der Waals surface area contributed by atoms with E-state index in [0.717, 1.165) is 0 Å². The molecule has 0 saturated carbocycles. The molecule has 0 unspecified atom stereocenters. The lowest BCUT2D eigenvalue weighted by atomic mass is 10.2. The smallest absolute Gasteiger partial charge is 0.311 e. The van der Waals surface area contributed by atoms with E-state index >= 15 is 0 Å². The molecule has 0 aliphatic carbocycles. The summed E-state index contributed by atoms with van der Waals surface area (Å²) in [5, 5.41) is 19.7. The Morgan fingerprint density at radius 3 is 2.70 bits per heavy atom. The van der Waals surface area contributed by atoms with Gasteiger partial charge in [0.15, 0.2) is 0 Å². The largest absolute Gasteiger partial charge is 0.450 e. The van der Waals surface area contributed by atoms with Crippen molar-refractivity contribution in [3.63, 3.8) is 0 Å². The number of carbonyl (C=O) groups excluding carboxylic acids is 1. The van der Waals surface area contributed by atoms with Crippen molar-refractivity contribution in [1.29, 1.82) is 5.26 Å². The Kier molecular flexibility index (Phi) is 3.72. The van der Waals surface area contributed by atoms with Crippen molar-refractivity contribution >= 4 is 12.0 Å². The second kappa shape index (κ2) is 5.63. The van der Waals surface area contributed by atoms with Crippen molar-refractivity contribution in [3.8, 4) is 17.6 Å². The minimum atomic E-state index is -0.597. The van der Waals surface area contributed by atoms with E-state index in [1.165, 1.54) is 24.3 Å². The maximum Gasteiger partial charge on any atom is 0.311 e. The number of nitriles is 1. The number of benzene rings is 2. The van der Waals surface area contributed by atoms with Crippen LogP contribution >= 0.6 is 0 Å². The van der Waals surface area contributed by atoms with Crippen LogP contribution in [-0.4, -0.2) is 11.2 Å². The number of carbonyl (C=O) groups is 1. The van der Waals surface area contributed by atoms with Crippen LogP contribution in [0.1, 0.15) is 15.9 Å². The zero-order chi connectivity index (χ0) is 14.5. The number of rotatable bonds is 4. The zero-order valence-electron chi connectivity index (χ0n) is 10.1. The van der Waals surface area contributed by atoms with Gasteiger partial charge in [0.05, 0.1) is 16.6 Å². The van der Waals surface area contributed by atoms with Gasteiger partial charge < -0.3 is 4.74 Å². The summed E-state index contributed by atoms with van der Waals surface area (Å²) < 4.78 is 5.40. The van der Waals surface area contributed by atoms with Gasteiger partial charge in [-0.05, 0) is 18.2 Å². The zero-order valence-corrected chi connectivity index (χ0v) is 10.1. The number of hydrogen-bond acceptors (Lipinski definition) is 5. The Hall–Kier alpha value is -3.20. The Balaban J connectivity index is 2.43. The Morgan fingerprint density at radius 2 is 2.05 bits per heavy atom. The molecule has 0 amide bonds. The fourth-order valence-corrected chi connectivity index (χ4v) is 1.59. The number of nitrogens with zero attached hydrogens (tertiary/aromatic N) is 2. The first kappa shape index (κ1) is 13.2. The maximum atomic E-state index is 10.9. The number of hydrogen-bond donors (Lipinski definition) is 0. The van der Waals surface area contributed by atoms with E-state index < -0.39 is 4.92 Å². The van der Waals surface area contributed by atoms with E-state index in [0.29, 0.717) is 11.8 Å². The maximum absolute atomic E-state index is 10.9. The Morgan fingerprint density at radius 1 is 1.25 bits per heavy atom. The van der Waals surface area contributed by atoms with Gasteiger partial charge in [-0.1, -0.05) is 12.1 Å². The van der Waals surface area contributed by atoms with Crippen LogP contribution in [0.15, 0.2) is 42.5 Å². The molecule has 2 aromatic rings. The standard InChI is InChI=1S/C14H8N2O4/c15-8-10-4-5-13(16(18)19)14(7-10)20-12-3-1-2-11(6-12)9-17/h1-7,9H. The summed E-state index contributed by atoms with van der Waals surface area (Å²) >= 11 is 0. The predicted molar refractivity (Wildman–Crippen MR) is 69.7 cm³/mol. The van der Waals surface area contributed by atoms with Gasteiger partial charge in [-0.15, -0.1) is 0 Å². The van der Waals surface area contributed by atoms with Gasteiger partial charge in [-0.25, -0.2) is 0 Å². The highest BCUT2D eigenvalue weighted by atomic mass is 16.6. The molecular formula is C14H8N2O4. The first-order valence-corrected chi connectivity index (χ1v) is 5.55. The third kappa shape index (κ3) is 2.79. The van der Waals surface area contributed by atoms with Crippen LogP contribution in [0, 0.1) is 21.4 Å². The first-order chi connectivity index (χ1) is 9.63. The van der Waals surface area contributed by atoms with Gasteiger partial charge in [0, 0.05) is 17.7 Å². The Labute approximate surface area is 114 Å². The quantitative estimate of drug-likeness (QED) is 0.482. The summed E-state index contributed by atoms with van der Waals surface area (Å²) in [5.41, 5.74) is 0.388. The van der Waals surface area contributed by atoms with Crippen molar-refractivity contribution in [3.05, 3.63) is 63.7 Å². The third-order valence-corrected chi connectivity index (χ3v) is 2.51. The van der Waals surface area contributed by atoms with E-state index in [2.05, 4.69) is 0 Å². The molecule has 0 aromatic heterocycles. The van der Waals surface area contributed by atoms with Crippen LogP contribution in [0.5, 0.6) is 11.5 Å². The summed E-state index contributed by atoms with van der Waals surface area (Å²) in [6, 6.07) is 11.9. The van der Waals surface area contributed by atoms with Crippen LogP contribution in [0.25, 0.3) is 0 Å². The van der Waals surface area contributed by atoms with E-state index in [4.69, 9.17) is 10.00 Å². The monoisotopic (exact) mass is 268 g/mol. The molecule has 0 heterocycles. The molecule has 0 atom stereocenters. The summed E-state index contributed by atoms with van der Waals surface area (Å²) in [7, 11) is 0. The minimum Gasteiger partial charge on any atom is -0.450 e. The van der Waals surface area contributed by atoms with Crippen LogP contribution in [0.4, 0.5) is 5.69 Å². The van der Waals surface area contributed by atoms with Crippen LogP contribution in [0.2, 0.25) is 0 Å². The first-order valence-electron chi connectivity index (χ1n) is 5.55. The topological polar surface area (TPSA) is 93.2 Å². The SMILES string of the molecule is N#Cc1ccc([N+](=O)[O-])c(Oc2cccc(C=O)c2)c1. The van der Waals surface area contributed by atoms with E-state index in [9.17, 15) is 14.9 Å². The lowest BCUT2D eigenvalue weighted by Crippen LogP contribution is -1.94. The molecule has 0 saturated heterocycles. The lowest BCUT2D eigenvalue weighted by molar-refractivity contribution is -0.385. The van der Waals surface area contributed by atoms with Crippen LogP contribution in [0.3, 0.4) is 0 Å². The normalized spacial score (nSPS) is 9.55. The molecule has 0 aliphatic rings. The molecule has 0 bridgehead atoms. The molecule has 6 nitrogen and oxygen atoms in total. The van der Waals surface area contributed by atoms with Crippen molar-refractivity contribution in [2.24, 2.45) is 0 Å². The van der Waals surface area contributed by atoms with Gasteiger partial charge in [-0.2, -0.15) is 5.26 Å². The van der Waals surface area contributed by atoms with E-state index in [1.54, 1.807) is 18.2 Å². The van der Waals surface area contributed by atoms with Crippen molar-refractivity contribution in [2.45, 2.75) is 0 Å². The summed E-state index contributed by atoms with van der Waals surface area (Å²) in [5.74, 6) is 0.241. The van der Waals surface area contributed by atoms with Gasteiger partial charge in [0.2, 0.25) is 5.75 Å². The second-order valence-electron chi connectivity index (χ2n) is 3.84. The number of ether oxygens (including phenoxy) is 1. The molecule has 6 heteroatoms. The fraction of sp³-hybridized carbons (Fsp3) is 0. The van der Waals surface area contributed by atoms with Gasteiger partial charge in [0.25, 0.3) is 0 Å². The highest BCUT2D eigenvalue weighted by molar-refractivity contribution is 5.75. The molecule has 2 rings (SSSR count). The molecule has 98 valence electrons. The van der Waals surface area contributed by atoms with Crippen LogP contribution < -0.4 is 4.74 Å².